The second-order valence-corrected chi connectivity index (χ2v) is 17.7. The average molecular weight is 682 g/mol. The fraction of sp³-hybridized carbons (Fsp3) is 0.592. The zero-order valence-electron chi connectivity index (χ0n) is 31.4. The van der Waals surface area contributed by atoms with Gasteiger partial charge in [0.1, 0.15) is 0 Å². The van der Waals surface area contributed by atoms with Crippen molar-refractivity contribution in [1.29, 1.82) is 0 Å². The van der Waals surface area contributed by atoms with Crippen LogP contribution in [0.15, 0.2) is 113 Å². The number of hydrogen-bond acceptors (Lipinski definition) is 2. The Kier molecular flexibility index (Phi) is 10.2. The van der Waals surface area contributed by atoms with Gasteiger partial charge >= 0.3 is 0 Å². The number of anilines is 1. The normalized spacial score (nSPS) is 37.0. The highest BCUT2D eigenvalue weighted by Gasteiger charge is 2.51. The summed E-state index contributed by atoms with van der Waals surface area (Å²) < 4.78 is 7.27. The predicted molar refractivity (Wildman–Crippen MR) is 213 cm³/mol. The molecule has 0 radical (unpaired) electrons. The van der Waals surface area contributed by atoms with Gasteiger partial charge in [0.25, 0.3) is 0 Å². The van der Waals surface area contributed by atoms with Crippen LogP contribution >= 0.6 is 0 Å². The van der Waals surface area contributed by atoms with Crippen LogP contribution in [-0.2, 0) is 4.74 Å². The van der Waals surface area contributed by atoms with E-state index in [9.17, 15) is 0 Å². The molecule has 0 N–H and O–H groups in total. The number of ether oxygens (including phenoxy) is 1. The van der Waals surface area contributed by atoms with Gasteiger partial charge in [0.05, 0.1) is 12.2 Å². The van der Waals surface area contributed by atoms with E-state index in [1.54, 1.807) is 16.7 Å². The summed E-state index contributed by atoms with van der Waals surface area (Å²) in [7, 11) is 0. The Labute approximate surface area is 309 Å². The van der Waals surface area contributed by atoms with Gasteiger partial charge in [0.15, 0.2) is 0 Å². The van der Waals surface area contributed by atoms with Crippen molar-refractivity contribution in [2.75, 3.05) is 4.90 Å². The minimum atomic E-state index is 0.374. The van der Waals surface area contributed by atoms with Crippen molar-refractivity contribution in [3.05, 3.63) is 113 Å². The first kappa shape index (κ1) is 34.0. The van der Waals surface area contributed by atoms with Gasteiger partial charge < -0.3 is 9.64 Å². The maximum absolute atomic E-state index is 7.27. The van der Waals surface area contributed by atoms with Crippen LogP contribution in [0.2, 0.25) is 0 Å². The van der Waals surface area contributed by atoms with E-state index in [0.717, 1.165) is 30.6 Å². The Morgan fingerprint density at radius 3 is 2.45 bits per heavy atom. The van der Waals surface area contributed by atoms with Crippen LogP contribution in [-0.4, -0.2) is 12.2 Å². The average Bonchev–Trinajstić information content (AvgIpc) is 3.59. The molecule has 0 aromatic heterocycles. The third-order valence-electron chi connectivity index (χ3n) is 14.8. The van der Waals surface area contributed by atoms with E-state index in [2.05, 4.69) is 96.8 Å². The molecule has 1 saturated heterocycles. The van der Waals surface area contributed by atoms with Gasteiger partial charge in [0.2, 0.25) is 0 Å². The van der Waals surface area contributed by atoms with Crippen molar-refractivity contribution >= 4 is 5.69 Å². The molecule has 0 bridgehead atoms. The van der Waals surface area contributed by atoms with Crippen molar-refractivity contribution in [2.45, 2.75) is 135 Å². The standard InChI is InChI=1S/C49H63NO/c1-34-32-42(30-31-43(34)36-14-5-2-6-15-36)50(40-20-9-4-10-21-40)41-28-26-35(27-29-41)38-18-11-19-39(33-38)45-23-13-25-47-46-24-12-22-44(48(46)51-49(45)47)37-16-7-3-8-17-37/h4,7,9-10,16,19-22,28,30-37,43,45-49H,2-3,5-6,8,11-15,17-18,23-27,29H2,1H3/t34?,35?,37?,43?,45?,46-,47?,48?,49?/m0/s1. The smallest absolute Gasteiger partial charge is 0.0826 e. The summed E-state index contributed by atoms with van der Waals surface area (Å²) in [5.41, 5.74) is 9.20. The summed E-state index contributed by atoms with van der Waals surface area (Å²) in [6, 6.07) is 11.2. The van der Waals surface area contributed by atoms with Gasteiger partial charge in [0, 0.05) is 28.9 Å². The zero-order valence-corrected chi connectivity index (χ0v) is 31.4. The lowest BCUT2D eigenvalue weighted by Gasteiger charge is -2.38. The van der Waals surface area contributed by atoms with E-state index < -0.39 is 0 Å². The predicted octanol–water partition coefficient (Wildman–Crippen LogP) is 13.0. The molecular weight excluding hydrogens is 619 g/mol. The van der Waals surface area contributed by atoms with Crippen LogP contribution < -0.4 is 4.90 Å². The molecule has 2 heteroatoms. The molecule has 1 aliphatic heterocycles. The van der Waals surface area contributed by atoms with E-state index in [1.807, 2.05) is 0 Å². The van der Waals surface area contributed by atoms with Crippen molar-refractivity contribution in [3.8, 4) is 0 Å². The Morgan fingerprint density at radius 1 is 0.745 bits per heavy atom. The molecule has 270 valence electrons. The fourth-order valence-corrected chi connectivity index (χ4v) is 12.2. The van der Waals surface area contributed by atoms with Gasteiger partial charge in [-0.15, -0.1) is 0 Å². The number of benzene rings is 1. The maximum atomic E-state index is 7.27. The molecule has 2 nitrogen and oxygen atoms in total. The molecule has 0 amide bonds. The highest BCUT2D eigenvalue weighted by molar-refractivity contribution is 5.61. The van der Waals surface area contributed by atoms with Crippen LogP contribution in [0.1, 0.15) is 122 Å². The number of rotatable bonds is 7. The third kappa shape index (κ3) is 6.89. The first-order chi connectivity index (χ1) is 25.2. The molecule has 0 spiro atoms. The van der Waals surface area contributed by atoms with E-state index in [4.69, 9.17) is 4.74 Å². The molecule has 1 aromatic rings. The summed E-state index contributed by atoms with van der Waals surface area (Å²) in [4.78, 5) is 2.60. The van der Waals surface area contributed by atoms with Gasteiger partial charge in [-0.05, 0) is 155 Å². The lowest BCUT2D eigenvalue weighted by atomic mass is 9.66. The van der Waals surface area contributed by atoms with Crippen LogP contribution in [0.5, 0.6) is 0 Å². The number of fused-ring (bicyclic) bond motifs is 3. The van der Waals surface area contributed by atoms with Crippen molar-refractivity contribution in [3.63, 3.8) is 0 Å². The molecule has 2 saturated carbocycles. The van der Waals surface area contributed by atoms with E-state index in [-0.39, 0.29) is 0 Å². The first-order valence-corrected chi connectivity index (χ1v) is 21.6. The topological polar surface area (TPSA) is 12.5 Å². The Hall–Kier alpha value is -2.84. The monoisotopic (exact) mass is 681 g/mol. The van der Waals surface area contributed by atoms with Crippen molar-refractivity contribution in [1.82, 2.24) is 0 Å². The molecule has 51 heavy (non-hydrogen) atoms. The molecule has 3 fully saturated rings. The molecule has 7 aliphatic carbocycles. The van der Waals surface area contributed by atoms with Crippen molar-refractivity contribution < 1.29 is 4.74 Å². The van der Waals surface area contributed by atoms with Crippen LogP contribution in [0, 0.1) is 47.3 Å². The minimum Gasteiger partial charge on any atom is -0.369 e. The molecule has 9 rings (SSSR count). The van der Waals surface area contributed by atoms with Crippen LogP contribution in [0.4, 0.5) is 5.69 Å². The van der Waals surface area contributed by atoms with Crippen LogP contribution in [0.25, 0.3) is 0 Å². The van der Waals surface area contributed by atoms with E-state index in [1.165, 1.54) is 120 Å². The summed E-state index contributed by atoms with van der Waals surface area (Å²) in [5.74, 6) is 5.51. The number of hydrogen-bond donors (Lipinski definition) is 0. The second kappa shape index (κ2) is 15.3. The maximum Gasteiger partial charge on any atom is 0.0826 e. The second-order valence-electron chi connectivity index (χ2n) is 17.7. The van der Waals surface area contributed by atoms with Crippen molar-refractivity contribution in [2.24, 2.45) is 47.3 Å². The summed E-state index contributed by atoms with van der Waals surface area (Å²) in [5, 5.41) is 0. The molecule has 1 aromatic carbocycles. The number of para-hydroxylation sites is 1. The van der Waals surface area contributed by atoms with E-state index in [0.29, 0.717) is 41.8 Å². The minimum absolute atomic E-state index is 0.374. The molecule has 9 atom stereocenters. The fourth-order valence-electron chi connectivity index (χ4n) is 12.2. The largest absolute Gasteiger partial charge is 0.369 e. The zero-order chi connectivity index (χ0) is 34.1. The molecular formula is C49H63NO. The molecule has 8 unspecified atom stereocenters. The first-order valence-electron chi connectivity index (χ1n) is 21.6. The highest BCUT2D eigenvalue weighted by Crippen LogP contribution is 2.53. The molecule has 1 heterocycles. The lowest BCUT2D eigenvalue weighted by molar-refractivity contribution is 0.00223. The quantitative estimate of drug-likeness (QED) is 0.266. The molecule has 8 aliphatic rings. The summed E-state index contributed by atoms with van der Waals surface area (Å²) >= 11 is 0. The van der Waals surface area contributed by atoms with Gasteiger partial charge in [-0.25, -0.2) is 0 Å². The Balaban J connectivity index is 0.907. The van der Waals surface area contributed by atoms with Crippen LogP contribution in [0.3, 0.4) is 0 Å². The highest BCUT2D eigenvalue weighted by atomic mass is 16.5. The van der Waals surface area contributed by atoms with Gasteiger partial charge in [-0.2, -0.15) is 0 Å². The third-order valence-corrected chi connectivity index (χ3v) is 14.8. The summed E-state index contributed by atoms with van der Waals surface area (Å²) in [6.07, 6.45) is 47.6. The Morgan fingerprint density at radius 2 is 1.65 bits per heavy atom. The number of allylic oxidation sites excluding steroid dienone is 11. The lowest BCUT2D eigenvalue weighted by Crippen LogP contribution is -2.34. The Bertz CT molecular complexity index is 1610. The SMILES string of the molecule is CC1C=C(N(C2=CCC(C3=CC(C4CCCC5C4OC4C(C6C=CCCC6)=CCC[C@H]45)=CCC3)CC2)c2ccccc2)C=CC1C1CCCCC1. The summed E-state index contributed by atoms with van der Waals surface area (Å²) in [6.45, 7) is 2.47. The van der Waals surface area contributed by atoms with E-state index >= 15 is 0 Å². The van der Waals surface area contributed by atoms with Gasteiger partial charge in [-0.1, -0.05) is 105 Å². The number of nitrogens with zero attached hydrogens (tertiary/aromatic N) is 1. The van der Waals surface area contributed by atoms with Gasteiger partial charge in [-0.3, -0.25) is 0 Å².